The Morgan fingerprint density at radius 2 is 2.06 bits per heavy atom. The van der Waals surface area contributed by atoms with Crippen molar-refractivity contribution >= 4 is 17.3 Å². The van der Waals surface area contributed by atoms with E-state index in [9.17, 15) is 13.6 Å². The average Bonchev–Trinajstić information content (AvgIpc) is 2.65. The maximum Gasteiger partial charge on any atom is 0.247 e. The Balaban J connectivity index is 2.12. The fraction of sp³-hybridized carbons (Fsp3) is 0.417. The summed E-state index contributed by atoms with van der Waals surface area (Å²) in [4.78, 5) is 13.7. The molecule has 2 unspecified atom stereocenters. The summed E-state index contributed by atoms with van der Waals surface area (Å²) in [5, 5.41) is 2.64. The highest BCUT2D eigenvalue weighted by atomic mass is 19.2. The molecule has 1 aromatic carbocycles. The van der Waals surface area contributed by atoms with Crippen molar-refractivity contribution in [1.82, 2.24) is 0 Å². The number of amides is 1. The van der Waals surface area contributed by atoms with Crippen LogP contribution in [0.3, 0.4) is 0 Å². The fourth-order valence-corrected chi connectivity index (χ4v) is 2.70. The van der Waals surface area contributed by atoms with Gasteiger partial charge < -0.3 is 10.2 Å². The summed E-state index contributed by atoms with van der Waals surface area (Å²) in [6, 6.07) is 1.95. The topological polar surface area (TPSA) is 32.3 Å². The van der Waals surface area contributed by atoms with Crippen molar-refractivity contribution in [2.45, 2.75) is 19.4 Å². The first-order chi connectivity index (χ1) is 8.08. The van der Waals surface area contributed by atoms with E-state index in [2.05, 4.69) is 5.32 Å². The standard InChI is InChI=1S/C12H12F2N2O/c1-6-2-3-16-10-5-8(14)7(13)4-9(10)15-12(17)11(6)16/h4-6,11H,2-3H2,1H3,(H,15,17). The lowest BCUT2D eigenvalue weighted by Gasteiger charge is -2.34. The van der Waals surface area contributed by atoms with Gasteiger partial charge in [0, 0.05) is 18.7 Å². The predicted octanol–water partition coefficient (Wildman–Crippen LogP) is 2.13. The first-order valence-electron chi connectivity index (χ1n) is 5.64. The van der Waals surface area contributed by atoms with Gasteiger partial charge in [-0.25, -0.2) is 8.78 Å². The first-order valence-corrected chi connectivity index (χ1v) is 5.64. The molecule has 1 N–H and O–H groups in total. The van der Waals surface area contributed by atoms with Crippen LogP contribution in [-0.2, 0) is 4.79 Å². The number of nitrogens with zero attached hydrogens (tertiary/aromatic N) is 1. The first kappa shape index (κ1) is 10.5. The molecule has 1 saturated heterocycles. The summed E-state index contributed by atoms with van der Waals surface area (Å²) in [6.45, 7) is 2.70. The molecule has 0 saturated carbocycles. The summed E-state index contributed by atoms with van der Waals surface area (Å²) < 4.78 is 26.4. The molecule has 2 atom stereocenters. The van der Waals surface area contributed by atoms with E-state index in [1.807, 2.05) is 11.8 Å². The number of carbonyl (C=O) groups excluding carboxylic acids is 1. The van der Waals surface area contributed by atoms with Crippen molar-refractivity contribution < 1.29 is 13.6 Å². The molecule has 3 nitrogen and oxygen atoms in total. The maximum absolute atomic E-state index is 13.2. The third-order valence-electron chi connectivity index (χ3n) is 3.57. The van der Waals surface area contributed by atoms with Gasteiger partial charge in [-0.05, 0) is 12.3 Å². The van der Waals surface area contributed by atoms with Gasteiger partial charge in [-0.3, -0.25) is 4.79 Å². The van der Waals surface area contributed by atoms with Crippen molar-refractivity contribution in [3.8, 4) is 0 Å². The zero-order chi connectivity index (χ0) is 12.2. The van der Waals surface area contributed by atoms with Crippen molar-refractivity contribution in [3.63, 3.8) is 0 Å². The minimum atomic E-state index is -0.935. The zero-order valence-corrected chi connectivity index (χ0v) is 9.34. The van der Waals surface area contributed by atoms with Crippen LogP contribution < -0.4 is 10.2 Å². The molecule has 0 aliphatic carbocycles. The molecule has 90 valence electrons. The molecular weight excluding hydrogens is 226 g/mol. The summed E-state index contributed by atoms with van der Waals surface area (Å²) in [5.74, 6) is -1.71. The number of rotatable bonds is 0. The molecule has 0 aromatic heterocycles. The molecular formula is C12H12F2N2O. The van der Waals surface area contributed by atoms with E-state index in [0.29, 0.717) is 17.9 Å². The van der Waals surface area contributed by atoms with E-state index in [1.54, 1.807) is 0 Å². The zero-order valence-electron chi connectivity index (χ0n) is 9.34. The molecule has 0 radical (unpaired) electrons. The molecule has 2 aliphatic rings. The van der Waals surface area contributed by atoms with Crippen LogP contribution in [0, 0.1) is 17.6 Å². The van der Waals surface area contributed by atoms with Crippen molar-refractivity contribution in [2.24, 2.45) is 5.92 Å². The molecule has 0 spiro atoms. The minimum absolute atomic E-state index is 0.131. The van der Waals surface area contributed by atoms with Gasteiger partial charge >= 0.3 is 0 Å². The molecule has 2 aliphatic heterocycles. The number of carbonyl (C=O) groups is 1. The number of halogens is 2. The Hall–Kier alpha value is -1.65. The van der Waals surface area contributed by atoms with E-state index in [-0.39, 0.29) is 17.9 Å². The highest BCUT2D eigenvalue weighted by molar-refractivity contribution is 6.04. The normalized spacial score (nSPS) is 26.5. The highest BCUT2D eigenvalue weighted by Gasteiger charge is 2.41. The predicted molar refractivity (Wildman–Crippen MR) is 59.9 cm³/mol. The molecule has 17 heavy (non-hydrogen) atoms. The Labute approximate surface area is 97.4 Å². The summed E-state index contributed by atoms with van der Waals surface area (Å²) >= 11 is 0. The van der Waals surface area contributed by atoms with Gasteiger partial charge in [0.2, 0.25) is 5.91 Å². The molecule has 1 amide bonds. The Morgan fingerprint density at radius 3 is 2.82 bits per heavy atom. The van der Waals surface area contributed by atoms with Gasteiger partial charge in [-0.1, -0.05) is 6.92 Å². The third kappa shape index (κ3) is 1.41. The average molecular weight is 238 g/mol. The molecule has 3 rings (SSSR count). The second kappa shape index (κ2) is 3.42. The minimum Gasteiger partial charge on any atom is -0.358 e. The Bertz CT molecular complexity index is 504. The number of hydrogen-bond acceptors (Lipinski definition) is 2. The quantitative estimate of drug-likeness (QED) is 0.751. The Morgan fingerprint density at radius 1 is 1.35 bits per heavy atom. The van der Waals surface area contributed by atoms with Gasteiger partial charge in [-0.15, -0.1) is 0 Å². The van der Waals surface area contributed by atoms with Crippen LogP contribution in [0.25, 0.3) is 0 Å². The molecule has 2 heterocycles. The van der Waals surface area contributed by atoms with E-state index in [1.165, 1.54) is 0 Å². The van der Waals surface area contributed by atoms with Crippen LogP contribution in [0.4, 0.5) is 20.2 Å². The van der Waals surface area contributed by atoms with E-state index in [4.69, 9.17) is 0 Å². The lowest BCUT2D eigenvalue weighted by atomic mass is 10.00. The summed E-state index contributed by atoms with van der Waals surface area (Å²) in [7, 11) is 0. The van der Waals surface area contributed by atoms with Crippen molar-refractivity contribution in [1.29, 1.82) is 0 Å². The van der Waals surface area contributed by atoms with E-state index >= 15 is 0 Å². The molecule has 0 bridgehead atoms. The number of hydrogen-bond donors (Lipinski definition) is 1. The fourth-order valence-electron chi connectivity index (χ4n) is 2.70. The van der Waals surface area contributed by atoms with E-state index in [0.717, 1.165) is 18.6 Å². The van der Waals surface area contributed by atoms with Crippen LogP contribution >= 0.6 is 0 Å². The number of nitrogens with one attached hydrogen (secondary N) is 1. The monoisotopic (exact) mass is 238 g/mol. The van der Waals surface area contributed by atoms with Gasteiger partial charge in [0.1, 0.15) is 6.04 Å². The van der Waals surface area contributed by atoms with Crippen LogP contribution in [-0.4, -0.2) is 18.5 Å². The number of anilines is 2. The van der Waals surface area contributed by atoms with Gasteiger partial charge in [0.25, 0.3) is 0 Å². The second-order valence-corrected chi connectivity index (χ2v) is 4.68. The summed E-state index contributed by atoms with van der Waals surface area (Å²) in [6.07, 6.45) is 0.885. The van der Waals surface area contributed by atoms with Gasteiger partial charge in [0.05, 0.1) is 11.4 Å². The van der Waals surface area contributed by atoms with Gasteiger partial charge in [0.15, 0.2) is 11.6 Å². The molecule has 1 fully saturated rings. The van der Waals surface area contributed by atoms with Crippen LogP contribution in [0.2, 0.25) is 0 Å². The highest BCUT2D eigenvalue weighted by Crippen LogP contribution is 2.39. The van der Waals surface area contributed by atoms with Crippen molar-refractivity contribution in [2.75, 3.05) is 16.8 Å². The maximum atomic E-state index is 13.2. The van der Waals surface area contributed by atoms with Gasteiger partial charge in [-0.2, -0.15) is 0 Å². The summed E-state index contributed by atoms with van der Waals surface area (Å²) in [5.41, 5.74) is 0.942. The molecule has 5 heteroatoms. The van der Waals surface area contributed by atoms with Crippen LogP contribution in [0.5, 0.6) is 0 Å². The van der Waals surface area contributed by atoms with E-state index < -0.39 is 11.6 Å². The number of fused-ring (bicyclic) bond motifs is 3. The Kier molecular flexibility index (Phi) is 2.11. The van der Waals surface area contributed by atoms with Crippen LogP contribution in [0.1, 0.15) is 13.3 Å². The smallest absolute Gasteiger partial charge is 0.247 e. The third-order valence-corrected chi connectivity index (χ3v) is 3.57. The SMILES string of the molecule is CC1CCN2c3cc(F)c(F)cc3NC(=O)C12. The number of benzene rings is 1. The largest absolute Gasteiger partial charge is 0.358 e. The lowest BCUT2D eigenvalue weighted by molar-refractivity contribution is -0.118. The lowest BCUT2D eigenvalue weighted by Crippen LogP contribution is -2.46. The van der Waals surface area contributed by atoms with Crippen molar-refractivity contribution in [3.05, 3.63) is 23.8 Å². The second-order valence-electron chi connectivity index (χ2n) is 4.68. The van der Waals surface area contributed by atoms with Crippen LogP contribution in [0.15, 0.2) is 12.1 Å². The molecule has 1 aromatic rings.